The number of ether oxygens (including phenoxy) is 2. The predicted molar refractivity (Wildman–Crippen MR) is 114 cm³/mol. The number of halogens is 3. The fourth-order valence-electron chi connectivity index (χ4n) is 3.39. The Morgan fingerprint density at radius 2 is 1.75 bits per heavy atom. The summed E-state index contributed by atoms with van der Waals surface area (Å²) in [6.45, 7) is 0. The Labute approximate surface area is 183 Å². The van der Waals surface area contributed by atoms with E-state index in [1.165, 1.54) is 31.8 Å². The Bertz CT molecular complexity index is 1450. The SMILES string of the molecule is COc1ccc(OC)c(-c2nsc3ccc(-n4c(=O)cc(C(F)(F)F)n(C)c4=O)cc23)c1. The maximum Gasteiger partial charge on any atom is 0.431 e. The van der Waals surface area contributed by atoms with Gasteiger partial charge in [0.05, 0.1) is 30.3 Å². The van der Waals surface area contributed by atoms with Crippen molar-refractivity contribution in [2.45, 2.75) is 6.18 Å². The van der Waals surface area contributed by atoms with Gasteiger partial charge in [-0.15, -0.1) is 0 Å². The highest BCUT2D eigenvalue weighted by molar-refractivity contribution is 7.13. The van der Waals surface area contributed by atoms with Gasteiger partial charge < -0.3 is 9.47 Å². The minimum atomic E-state index is -4.83. The van der Waals surface area contributed by atoms with Crippen LogP contribution in [0.5, 0.6) is 11.5 Å². The van der Waals surface area contributed by atoms with Gasteiger partial charge in [0.1, 0.15) is 17.2 Å². The highest BCUT2D eigenvalue weighted by Crippen LogP contribution is 2.38. The van der Waals surface area contributed by atoms with Gasteiger partial charge in [-0.2, -0.15) is 17.5 Å². The van der Waals surface area contributed by atoms with Crippen LogP contribution in [-0.4, -0.2) is 27.7 Å². The highest BCUT2D eigenvalue weighted by Gasteiger charge is 2.35. The lowest BCUT2D eigenvalue weighted by Crippen LogP contribution is -2.40. The second-order valence-corrected chi connectivity index (χ2v) is 7.63. The molecule has 11 heteroatoms. The van der Waals surface area contributed by atoms with Crippen LogP contribution in [0.4, 0.5) is 13.2 Å². The Morgan fingerprint density at radius 1 is 1.00 bits per heavy atom. The number of nitrogens with zero attached hydrogens (tertiary/aromatic N) is 3. The van der Waals surface area contributed by atoms with Gasteiger partial charge in [-0.25, -0.2) is 9.36 Å². The summed E-state index contributed by atoms with van der Waals surface area (Å²) in [5.41, 5.74) is -2.22. The quantitative estimate of drug-likeness (QED) is 0.460. The third-order valence-corrected chi connectivity index (χ3v) is 5.81. The largest absolute Gasteiger partial charge is 0.497 e. The average Bonchev–Trinajstić information content (AvgIpc) is 3.18. The van der Waals surface area contributed by atoms with Gasteiger partial charge in [0.15, 0.2) is 0 Å². The lowest BCUT2D eigenvalue weighted by atomic mass is 10.1. The Morgan fingerprint density at radius 3 is 2.41 bits per heavy atom. The second-order valence-electron chi connectivity index (χ2n) is 6.82. The van der Waals surface area contributed by atoms with Gasteiger partial charge in [-0.3, -0.25) is 9.36 Å². The van der Waals surface area contributed by atoms with Gasteiger partial charge in [0.25, 0.3) is 5.56 Å². The fraction of sp³-hybridized carbons (Fsp3) is 0.190. The van der Waals surface area contributed by atoms with Crippen LogP contribution in [0.2, 0.25) is 0 Å². The molecule has 2 aromatic carbocycles. The van der Waals surface area contributed by atoms with Crippen molar-refractivity contribution in [1.29, 1.82) is 0 Å². The molecule has 0 aliphatic heterocycles. The number of benzene rings is 2. The van der Waals surface area contributed by atoms with Crippen molar-refractivity contribution in [1.82, 2.24) is 13.5 Å². The van der Waals surface area contributed by atoms with E-state index < -0.39 is 23.1 Å². The monoisotopic (exact) mass is 463 g/mol. The summed E-state index contributed by atoms with van der Waals surface area (Å²) in [7, 11) is 4.00. The van der Waals surface area contributed by atoms with Crippen LogP contribution < -0.4 is 20.7 Å². The molecule has 0 fully saturated rings. The summed E-state index contributed by atoms with van der Waals surface area (Å²) < 4.78 is 56.5. The summed E-state index contributed by atoms with van der Waals surface area (Å²) in [5, 5.41) is 0.605. The minimum Gasteiger partial charge on any atom is -0.497 e. The molecule has 166 valence electrons. The molecule has 2 aromatic heterocycles. The Hall–Kier alpha value is -3.60. The first-order chi connectivity index (χ1) is 15.2. The Balaban J connectivity index is 1.95. The van der Waals surface area contributed by atoms with Gasteiger partial charge >= 0.3 is 11.9 Å². The molecule has 2 heterocycles. The van der Waals surface area contributed by atoms with Gasteiger partial charge in [-0.05, 0) is 47.9 Å². The van der Waals surface area contributed by atoms with Crippen molar-refractivity contribution in [3.05, 3.63) is 69.0 Å². The number of hydrogen-bond acceptors (Lipinski definition) is 6. The summed E-state index contributed by atoms with van der Waals surface area (Å²) in [6, 6.07) is 10.3. The first-order valence-corrected chi connectivity index (χ1v) is 9.95. The molecule has 0 amide bonds. The van der Waals surface area contributed by atoms with Crippen molar-refractivity contribution in [2.75, 3.05) is 14.2 Å². The molecule has 0 bridgehead atoms. The third-order valence-electron chi connectivity index (χ3n) is 4.98. The van der Waals surface area contributed by atoms with E-state index >= 15 is 0 Å². The molecule has 32 heavy (non-hydrogen) atoms. The zero-order valence-corrected chi connectivity index (χ0v) is 17.9. The predicted octanol–water partition coefficient (Wildman–Crippen LogP) is 3.85. The van der Waals surface area contributed by atoms with Crippen LogP contribution in [0.15, 0.2) is 52.1 Å². The summed E-state index contributed by atoms with van der Waals surface area (Å²) in [6.07, 6.45) is -4.83. The molecule has 4 aromatic rings. The number of alkyl halides is 3. The van der Waals surface area contributed by atoms with Crippen LogP contribution in [0.25, 0.3) is 27.0 Å². The number of fused-ring (bicyclic) bond motifs is 1. The van der Waals surface area contributed by atoms with Crippen molar-refractivity contribution >= 4 is 21.6 Å². The third kappa shape index (κ3) is 3.54. The van der Waals surface area contributed by atoms with Crippen LogP contribution in [0, 0.1) is 0 Å². The molecule has 0 radical (unpaired) electrons. The van der Waals surface area contributed by atoms with E-state index in [1.54, 1.807) is 30.3 Å². The molecule has 0 saturated carbocycles. The first-order valence-electron chi connectivity index (χ1n) is 9.18. The molecule has 0 aliphatic rings. The summed E-state index contributed by atoms with van der Waals surface area (Å²) in [5.74, 6) is 1.11. The maximum atomic E-state index is 13.1. The standard InChI is InChI=1S/C21H16F3N3O4S/c1-26-17(21(22,23)24)10-18(28)27(20(26)29)11-4-7-16-14(8-11)19(25-32-16)13-9-12(30-2)5-6-15(13)31-3/h4-10H,1-3H3. The number of methoxy groups -OCH3 is 2. The molecule has 7 nitrogen and oxygen atoms in total. The maximum absolute atomic E-state index is 13.1. The topological polar surface area (TPSA) is 75.3 Å². The lowest BCUT2D eigenvalue weighted by molar-refractivity contribution is -0.144. The van der Waals surface area contributed by atoms with E-state index in [0.717, 1.165) is 11.7 Å². The number of aromatic nitrogens is 3. The van der Waals surface area contributed by atoms with Crippen LogP contribution in [0.1, 0.15) is 5.69 Å². The summed E-state index contributed by atoms with van der Waals surface area (Å²) >= 11 is 1.20. The molecule has 0 atom stereocenters. The zero-order valence-electron chi connectivity index (χ0n) is 17.1. The molecule has 0 saturated heterocycles. The zero-order chi connectivity index (χ0) is 23.2. The molecular weight excluding hydrogens is 447 g/mol. The first kappa shape index (κ1) is 21.6. The van der Waals surface area contributed by atoms with E-state index in [0.29, 0.717) is 43.3 Å². The average molecular weight is 463 g/mol. The van der Waals surface area contributed by atoms with Crippen LogP contribution in [-0.2, 0) is 13.2 Å². The molecule has 0 spiro atoms. The van der Waals surface area contributed by atoms with Crippen molar-refractivity contribution in [2.24, 2.45) is 7.05 Å². The molecule has 0 unspecified atom stereocenters. The van der Waals surface area contributed by atoms with E-state index in [4.69, 9.17) is 9.47 Å². The highest BCUT2D eigenvalue weighted by atomic mass is 32.1. The van der Waals surface area contributed by atoms with Crippen molar-refractivity contribution in [3.63, 3.8) is 0 Å². The lowest BCUT2D eigenvalue weighted by Gasteiger charge is -2.14. The van der Waals surface area contributed by atoms with Crippen molar-refractivity contribution < 1.29 is 22.6 Å². The van der Waals surface area contributed by atoms with Gasteiger partial charge in [0.2, 0.25) is 0 Å². The Kier molecular flexibility index (Phi) is 5.29. The minimum absolute atomic E-state index is 0.125. The van der Waals surface area contributed by atoms with Gasteiger partial charge in [0, 0.05) is 24.1 Å². The van der Waals surface area contributed by atoms with Crippen LogP contribution >= 0.6 is 11.5 Å². The molecule has 0 N–H and O–H groups in total. The van der Waals surface area contributed by atoms with Gasteiger partial charge in [-0.1, -0.05) is 0 Å². The molecule has 4 rings (SSSR count). The molecule has 0 aliphatic carbocycles. The number of hydrogen-bond donors (Lipinski definition) is 0. The molecular formula is C21H16F3N3O4S. The fourth-order valence-corrected chi connectivity index (χ4v) is 4.16. The van der Waals surface area contributed by atoms with E-state index in [-0.39, 0.29) is 5.69 Å². The normalized spacial score (nSPS) is 11.7. The summed E-state index contributed by atoms with van der Waals surface area (Å²) in [4.78, 5) is 25.1. The van der Waals surface area contributed by atoms with Crippen LogP contribution in [0.3, 0.4) is 0 Å². The smallest absolute Gasteiger partial charge is 0.431 e. The number of rotatable bonds is 4. The second kappa shape index (κ2) is 7.83. The van der Waals surface area contributed by atoms with E-state index in [1.807, 2.05) is 0 Å². The van der Waals surface area contributed by atoms with E-state index in [9.17, 15) is 22.8 Å². The van der Waals surface area contributed by atoms with Crippen molar-refractivity contribution in [3.8, 4) is 28.4 Å². The van der Waals surface area contributed by atoms with E-state index in [2.05, 4.69) is 4.37 Å².